The van der Waals surface area contributed by atoms with Crippen molar-refractivity contribution in [1.82, 2.24) is 5.32 Å². The van der Waals surface area contributed by atoms with Crippen LogP contribution in [0.5, 0.6) is 0 Å². The van der Waals surface area contributed by atoms with E-state index in [0.29, 0.717) is 10.0 Å². The molecule has 0 saturated heterocycles. The number of carbonyl (C=O) groups is 1. The van der Waals surface area contributed by atoms with Crippen molar-refractivity contribution in [3.8, 4) is 0 Å². The molecule has 104 valence electrons. The van der Waals surface area contributed by atoms with Crippen molar-refractivity contribution in [3.63, 3.8) is 0 Å². The zero-order valence-electron chi connectivity index (χ0n) is 10.5. The first-order valence-corrected chi connectivity index (χ1v) is 7.23. The fourth-order valence-electron chi connectivity index (χ4n) is 2.54. The lowest BCUT2D eigenvalue weighted by Crippen LogP contribution is -2.39. The van der Waals surface area contributed by atoms with Crippen LogP contribution in [0.4, 0.5) is 4.39 Å². The average Bonchev–Trinajstić information content (AvgIpc) is 2.81. The lowest BCUT2D eigenvalue weighted by atomic mass is 10.0. The van der Waals surface area contributed by atoms with Gasteiger partial charge >= 0.3 is 0 Å². The molecule has 0 aromatic heterocycles. The Hall–Kier alpha value is -0.940. The number of amides is 1. The highest BCUT2D eigenvalue weighted by Gasteiger charge is 2.27. The molecule has 0 spiro atoms. The van der Waals surface area contributed by atoms with Crippen LogP contribution in [-0.2, 0) is 11.2 Å². The first kappa shape index (κ1) is 14.5. The van der Waals surface area contributed by atoms with Gasteiger partial charge in [0.15, 0.2) is 0 Å². The maximum absolute atomic E-state index is 13.3. The second-order valence-corrected chi connectivity index (χ2v) is 5.83. The van der Waals surface area contributed by atoms with Crippen molar-refractivity contribution in [3.05, 3.63) is 34.1 Å². The van der Waals surface area contributed by atoms with Crippen LogP contribution in [0.15, 0.2) is 22.7 Å². The first-order valence-electron chi connectivity index (χ1n) is 6.44. The van der Waals surface area contributed by atoms with Gasteiger partial charge in [0.25, 0.3) is 0 Å². The smallest absolute Gasteiger partial charge is 0.224 e. The minimum Gasteiger partial charge on any atom is -0.396 e. The minimum absolute atomic E-state index is 0.0535. The van der Waals surface area contributed by atoms with Gasteiger partial charge in [-0.15, -0.1) is 0 Å². The van der Waals surface area contributed by atoms with Crippen molar-refractivity contribution >= 4 is 21.8 Å². The molecule has 1 fully saturated rings. The standard InChI is InChI=1S/C14H17BrFNO2/c15-11-5-4-9(6-12(11)16)7-14(19)17-13-3-1-2-10(13)8-18/h4-6,10,13,18H,1-3,7-8H2,(H,17,19)/t10-,13+/m0/s1. The first-order chi connectivity index (χ1) is 9.10. The number of benzene rings is 1. The van der Waals surface area contributed by atoms with Crippen LogP contribution in [0.25, 0.3) is 0 Å². The molecule has 0 bridgehead atoms. The molecule has 2 rings (SSSR count). The van der Waals surface area contributed by atoms with E-state index >= 15 is 0 Å². The molecule has 0 unspecified atom stereocenters. The summed E-state index contributed by atoms with van der Waals surface area (Å²) in [6, 6.07) is 4.74. The van der Waals surface area contributed by atoms with E-state index in [2.05, 4.69) is 21.2 Å². The minimum atomic E-state index is -0.362. The number of aliphatic hydroxyl groups excluding tert-OH is 1. The molecule has 1 amide bonds. The lowest BCUT2D eigenvalue weighted by molar-refractivity contribution is -0.121. The van der Waals surface area contributed by atoms with E-state index < -0.39 is 0 Å². The van der Waals surface area contributed by atoms with E-state index in [4.69, 9.17) is 0 Å². The van der Waals surface area contributed by atoms with E-state index in [1.54, 1.807) is 12.1 Å². The number of rotatable bonds is 4. The highest BCUT2D eigenvalue weighted by Crippen LogP contribution is 2.25. The Kier molecular flexibility index (Phi) is 4.93. The van der Waals surface area contributed by atoms with Crippen LogP contribution in [0.1, 0.15) is 24.8 Å². The molecule has 1 aliphatic carbocycles. The number of hydrogen-bond donors (Lipinski definition) is 2. The van der Waals surface area contributed by atoms with Gasteiger partial charge in [0.1, 0.15) is 5.82 Å². The molecule has 0 aliphatic heterocycles. The summed E-state index contributed by atoms with van der Waals surface area (Å²) in [5, 5.41) is 12.1. The maximum atomic E-state index is 13.3. The van der Waals surface area contributed by atoms with Crippen molar-refractivity contribution in [2.24, 2.45) is 5.92 Å². The molecular formula is C14H17BrFNO2. The Labute approximate surface area is 120 Å². The van der Waals surface area contributed by atoms with Gasteiger partial charge in [-0.25, -0.2) is 4.39 Å². The molecule has 19 heavy (non-hydrogen) atoms. The summed E-state index contributed by atoms with van der Waals surface area (Å²) in [6.07, 6.45) is 3.06. The Morgan fingerprint density at radius 3 is 2.95 bits per heavy atom. The van der Waals surface area contributed by atoms with Crippen LogP contribution < -0.4 is 5.32 Å². The number of aliphatic hydroxyl groups is 1. The number of halogens is 2. The van der Waals surface area contributed by atoms with Crippen LogP contribution in [-0.4, -0.2) is 23.7 Å². The van der Waals surface area contributed by atoms with E-state index in [1.807, 2.05) is 0 Å². The van der Waals surface area contributed by atoms with Gasteiger partial charge in [-0.3, -0.25) is 4.79 Å². The molecule has 1 saturated carbocycles. The van der Waals surface area contributed by atoms with Crippen LogP contribution in [0.3, 0.4) is 0 Å². The lowest BCUT2D eigenvalue weighted by Gasteiger charge is -2.19. The normalized spacial score (nSPS) is 22.5. The predicted molar refractivity (Wildman–Crippen MR) is 74.2 cm³/mol. The van der Waals surface area contributed by atoms with Crippen LogP contribution in [0.2, 0.25) is 0 Å². The Morgan fingerprint density at radius 1 is 1.47 bits per heavy atom. The zero-order chi connectivity index (χ0) is 13.8. The summed E-state index contributed by atoms with van der Waals surface area (Å²) in [7, 11) is 0. The van der Waals surface area contributed by atoms with Gasteiger partial charge in [0, 0.05) is 18.6 Å². The summed E-state index contributed by atoms with van der Waals surface area (Å²) in [5.41, 5.74) is 0.650. The summed E-state index contributed by atoms with van der Waals surface area (Å²) >= 11 is 3.08. The molecular weight excluding hydrogens is 313 g/mol. The summed E-state index contributed by atoms with van der Waals surface area (Å²) in [4.78, 5) is 11.9. The van der Waals surface area contributed by atoms with Gasteiger partial charge in [-0.05, 0) is 46.5 Å². The van der Waals surface area contributed by atoms with Gasteiger partial charge in [-0.1, -0.05) is 12.5 Å². The van der Waals surface area contributed by atoms with E-state index in [-0.39, 0.29) is 36.7 Å². The Morgan fingerprint density at radius 2 is 2.26 bits per heavy atom. The third-order valence-corrected chi connectivity index (χ3v) is 4.23. The fourth-order valence-corrected chi connectivity index (χ4v) is 2.78. The topological polar surface area (TPSA) is 49.3 Å². The molecule has 5 heteroatoms. The van der Waals surface area contributed by atoms with Gasteiger partial charge in [-0.2, -0.15) is 0 Å². The summed E-state index contributed by atoms with van der Waals surface area (Å²) in [6.45, 7) is 0.109. The molecule has 2 atom stereocenters. The SMILES string of the molecule is O=C(Cc1ccc(Br)c(F)c1)N[C@@H]1CCC[C@H]1CO. The fraction of sp³-hybridized carbons (Fsp3) is 0.500. The molecule has 1 aromatic rings. The van der Waals surface area contributed by atoms with Crippen LogP contribution in [0, 0.1) is 11.7 Å². The second-order valence-electron chi connectivity index (χ2n) is 4.97. The molecule has 3 nitrogen and oxygen atoms in total. The largest absolute Gasteiger partial charge is 0.396 e. The van der Waals surface area contributed by atoms with E-state index in [9.17, 15) is 14.3 Å². The van der Waals surface area contributed by atoms with E-state index in [0.717, 1.165) is 19.3 Å². The van der Waals surface area contributed by atoms with Crippen molar-refractivity contribution in [2.45, 2.75) is 31.7 Å². The quantitative estimate of drug-likeness (QED) is 0.891. The maximum Gasteiger partial charge on any atom is 0.224 e. The number of hydrogen-bond acceptors (Lipinski definition) is 2. The second kappa shape index (κ2) is 6.48. The number of nitrogens with one attached hydrogen (secondary N) is 1. The monoisotopic (exact) mass is 329 g/mol. The Bertz CT molecular complexity index is 467. The molecule has 2 N–H and O–H groups in total. The van der Waals surface area contributed by atoms with Crippen molar-refractivity contribution in [1.29, 1.82) is 0 Å². The Balaban J connectivity index is 1.92. The van der Waals surface area contributed by atoms with Crippen molar-refractivity contribution < 1.29 is 14.3 Å². The average molecular weight is 330 g/mol. The third-order valence-electron chi connectivity index (χ3n) is 3.59. The molecule has 0 radical (unpaired) electrons. The summed E-state index contributed by atoms with van der Waals surface area (Å²) < 4.78 is 13.7. The van der Waals surface area contributed by atoms with Crippen LogP contribution >= 0.6 is 15.9 Å². The van der Waals surface area contributed by atoms with Gasteiger partial charge < -0.3 is 10.4 Å². The van der Waals surface area contributed by atoms with Crippen molar-refractivity contribution in [2.75, 3.05) is 6.61 Å². The highest BCUT2D eigenvalue weighted by molar-refractivity contribution is 9.10. The molecule has 1 aromatic carbocycles. The highest BCUT2D eigenvalue weighted by atomic mass is 79.9. The van der Waals surface area contributed by atoms with E-state index in [1.165, 1.54) is 6.07 Å². The third kappa shape index (κ3) is 3.76. The number of carbonyl (C=O) groups excluding carboxylic acids is 1. The predicted octanol–water partition coefficient (Wildman–Crippen LogP) is 2.41. The summed E-state index contributed by atoms with van der Waals surface area (Å²) in [5.74, 6) is -0.322. The molecule has 1 aliphatic rings. The zero-order valence-corrected chi connectivity index (χ0v) is 12.1. The van der Waals surface area contributed by atoms with Gasteiger partial charge in [0.05, 0.1) is 10.9 Å². The molecule has 0 heterocycles. The van der Waals surface area contributed by atoms with Gasteiger partial charge in [0.2, 0.25) is 5.91 Å².